The Morgan fingerprint density at radius 3 is 2.50 bits per heavy atom. The number of carbonyl (C=O) groups is 2. The highest BCUT2D eigenvalue weighted by Crippen LogP contribution is 2.39. The van der Waals surface area contributed by atoms with E-state index in [0.29, 0.717) is 23.2 Å². The lowest BCUT2D eigenvalue weighted by Crippen LogP contribution is -2.61. The third-order valence-electron chi connectivity index (χ3n) is 8.22. The summed E-state index contributed by atoms with van der Waals surface area (Å²) in [4.78, 5) is 29.9. The summed E-state index contributed by atoms with van der Waals surface area (Å²) < 4.78 is 0. The molecule has 2 aliphatic rings. The molecule has 2 fully saturated rings. The Morgan fingerprint density at radius 1 is 1.17 bits per heavy atom. The average Bonchev–Trinajstić information content (AvgIpc) is 2.97. The van der Waals surface area contributed by atoms with Crippen molar-refractivity contribution in [1.82, 2.24) is 15.5 Å². The molecule has 232 valence electrons. The summed E-state index contributed by atoms with van der Waals surface area (Å²) in [5.74, 6) is 1.10. The molecule has 2 amide bonds. The first-order chi connectivity index (χ1) is 20.0. The standard InChI is InChI=1S/C33H49N3O5S/c1-5-24(15-11-12-23(2)38)31(40)34-28(21-42-27-16-7-6-8-17-27)30(39)20-36-19-26-14-10-9-13-25(26)18-29(36)32(41)35-33(3,4)22-37/h5-8,11-12,15-17,25-26,28-30,37-39H,9-10,13-14,18-22H2,1-4H3,(H,34,40)(H,35,41)/b15-11-,23-12+,24-5-. The summed E-state index contributed by atoms with van der Waals surface area (Å²) in [5.41, 5.74) is -0.325. The number of hydrogen-bond acceptors (Lipinski definition) is 7. The molecule has 9 heteroatoms. The van der Waals surface area contributed by atoms with E-state index in [-0.39, 0.29) is 30.7 Å². The number of thioether (sulfide) groups is 1. The third kappa shape index (κ3) is 10.3. The summed E-state index contributed by atoms with van der Waals surface area (Å²) >= 11 is 1.56. The zero-order valence-electron chi connectivity index (χ0n) is 25.5. The lowest BCUT2D eigenvalue weighted by molar-refractivity contribution is -0.133. The molecule has 5 unspecified atom stereocenters. The van der Waals surface area contributed by atoms with Gasteiger partial charge in [0.15, 0.2) is 0 Å². The number of β-amino-alcohol motifs (C(OH)–C–C–N with tert-alkyl or cyclic N) is 1. The van der Waals surface area contributed by atoms with Gasteiger partial charge in [0.2, 0.25) is 5.91 Å². The Morgan fingerprint density at radius 2 is 1.86 bits per heavy atom. The molecular weight excluding hydrogens is 550 g/mol. The van der Waals surface area contributed by atoms with Crippen molar-refractivity contribution in [2.45, 2.75) is 88.4 Å². The highest BCUT2D eigenvalue weighted by molar-refractivity contribution is 7.99. The Kier molecular flexibility index (Phi) is 13.2. The lowest BCUT2D eigenvalue weighted by Gasteiger charge is -2.47. The quantitative estimate of drug-likeness (QED) is 0.0989. The second-order valence-corrected chi connectivity index (χ2v) is 13.3. The third-order valence-corrected chi connectivity index (χ3v) is 9.35. The SMILES string of the molecule is C/C=C(/C=C\C=C(/C)O)C(=O)NC(CSc1ccccc1)C(O)CN1CC2CCCCC2CC1C(=O)NC(C)(C)CO. The summed E-state index contributed by atoms with van der Waals surface area (Å²) in [6.07, 6.45) is 10.8. The van der Waals surface area contributed by atoms with E-state index in [1.165, 1.54) is 18.9 Å². The molecular formula is C33H49N3O5S. The number of aliphatic hydroxyl groups excluding tert-OH is 3. The Balaban J connectivity index is 1.81. The van der Waals surface area contributed by atoms with E-state index in [1.54, 1.807) is 57.7 Å². The number of hydrogen-bond donors (Lipinski definition) is 5. The zero-order chi connectivity index (χ0) is 30.7. The monoisotopic (exact) mass is 599 g/mol. The van der Waals surface area contributed by atoms with Gasteiger partial charge in [-0.05, 0) is 76.7 Å². The van der Waals surface area contributed by atoms with Crippen LogP contribution < -0.4 is 10.6 Å². The van der Waals surface area contributed by atoms with Crippen molar-refractivity contribution < 1.29 is 24.9 Å². The minimum atomic E-state index is -0.923. The molecule has 0 aromatic heterocycles. The predicted molar refractivity (Wildman–Crippen MR) is 169 cm³/mol. The number of allylic oxidation sites excluding steroid dienone is 4. The minimum absolute atomic E-state index is 0.127. The topological polar surface area (TPSA) is 122 Å². The number of aliphatic hydroxyl groups is 3. The number of nitrogens with one attached hydrogen (secondary N) is 2. The first kappa shape index (κ1) is 33.9. The molecule has 5 atom stereocenters. The molecule has 1 aromatic rings. The largest absolute Gasteiger partial charge is 0.513 e. The summed E-state index contributed by atoms with van der Waals surface area (Å²) in [6.45, 7) is 7.73. The highest BCUT2D eigenvalue weighted by atomic mass is 32.2. The lowest BCUT2D eigenvalue weighted by atomic mass is 9.72. The van der Waals surface area contributed by atoms with Gasteiger partial charge in [-0.25, -0.2) is 0 Å². The first-order valence-corrected chi connectivity index (χ1v) is 16.1. The highest BCUT2D eigenvalue weighted by Gasteiger charge is 2.42. The molecule has 8 nitrogen and oxygen atoms in total. The number of carbonyl (C=O) groups excluding carboxylic acids is 2. The van der Waals surface area contributed by atoms with E-state index in [2.05, 4.69) is 15.5 Å². The smallest absolute Gasteiger partial charge is 0.251 e. The molecule has 1 aromatic carbocycles. The number of piperidine rings is 1. The summed E-state index contributed by atoms with van der Waals surface area (Å²) in [6, 6.07) is 8.86. The van der Waals surface area contributed by atoms with Crippen molar-refractivity contribution in [3.05, 3.63) is 66.0 Å². The van der Waals surface area contributed by atoms with Crippen LogP contribution in [0.25, 0.3) is 0 Å². The number of nitrogens with zero attached hydrogens (tertiary/aromatic N) is 1. The van der Waals surface area contributed by atoms with Crippen LogP contribution in [0.15, 0.2) is 70.9 Å². The predicted octanol–water partition coefficient (Wildman–Crippen LogP) is 4.36. The van der Waals surface area contributed by atoms with Crippen LogP contribution >= 0.6 is 11.8 Å². The van der Waals surface area contributed by atoms with Crippen molar-refractivity contribution in [2.75, 3.05) is 25.4 Å². The van der Waals surface area contributed by atoms with Gasteiger partial charge < -0.3 is 26.0 Å². The van der Waals surface area contributed by atoms with Crippen LogP contribution in [0, 0.1) is 11.8 Å². The Hall–Kier alpha value is -2.59. The molecule has 3 rings (SSSR count). The molecule has 1 aliphatic carbocycles. The summed E-state index contributed by atoms with van der Waals surface area (Å²) in [7, 11) is 0. The molecule has 1 aliphatic heterocycles. The number of fused-ring (bicyclic) bond motifs is 1. The van der Waals surface area contributed by atoms with Crippen LogP contribution in [0.5, 0.6) is 0 Å². The van der Waals surface area contributed by atoms with Gasteiger partial charge in [0, 0.05) is 29.3 Å². The average molecular weight is 600 g/mol. The van der Waals surface area contributed by atoms with Gasteiger partial charge in [0.1, 0.15) is 0 Å². The van der Waals surface area contributed by atoms with Crippen LogP contribution in [0.1, 0.15) is 59.8 Å². The van der Waals surface area contributed by atoms with Crippen LogP contribution in [-0.2, 0) is 9.59 Å². The Labute approximate surface area is 255 Å². The van der Waals surface area contributed by atoms with Crippen LogP contribution in [0.4, 0.5) is 0 Å². The van der Waals surface area contributed by atoms with E-state index in [4.69, 9.17) is 0 Å². The van der Waals surface area contributed by atoms with Crippen LogP contribution in [-0.4, -0.2) is 81.2 Å². The van der Waals surface area contributed by atoms with E-state index in [0.717, 1.165) is 30.7 Å². The maximum Gasteiger partial charge on any atom is 0.251 e. The Bertz CT molecular complexity index is 1120. The van der Waals surface area contributed by atoms with Gasteiger partial charge in [-0.1, -0.05) is 49.6 Å². The fourth-order valence-electron chi connectivity index (χ4n) is 5.80. The van der Waals surface area contributed by atoms with Crippen molar-refractivity contribution in [1.29, 1.82) is 0 Å². The number of benzene rings is 1. The molecule has 42 heavy (non-hydrogen) atoms. The second kappa shape index (κ2) is 16.3. The van der Waals surface area contributed by atoms with Crippen molar-refractivity contribution in [3.63, 3.8) is 0 Å². The van der Waals surface area contributed by atoms with E-state index >= 15 is 0 Å². The van der Waals surface area contributed by atoms with Gasteiger partial charge in [0.05, 0.1) is 36.1 Å². The fraction of sp³-hybridized carbons (Fsp3) is 0.576. The van der Waals surface area contributed by atoms with Gasteiger partial charge in [-0.15, -0.1) is 11.8 Å². The van der Waals surface area contributed by atoms with Crippen molar-refractivity contribution in [2.24, 2.45) is 11.8 Å². The van der Waals surface area contributed by atoms with Crippen molar-refractivity contribution >= 4 is 23.6 Å². The molecule has 0 bridgehead atoms. The molecule has 0 spiro atoms. The van der Waals surface area contributed by atoms with Crippen LogP contribution in [0.2, 0.25) is 0 Å². The zero-order valence-corrected chi connectivity index (χ0v) is 26.3. The first-order valence-electron chi connectivity index (χ1n) is 15.1. The van der Waals surface area contributed by atoms with E-state index in [9.17, 15) is 24.9 Å². The molecule has 1 heterocycles. The van der Waals surface area contributed by atoms with E-state index in [1.807, 2.05) is 30.3 Å². The summed E-state index contributed by atoms with van der Waals surface area (Å²) in [5, 5.41) is 36.9. The van der Waals surface area contributed by atoms with E-state index < -0.39 is 23.7 Å². The fourth-order valence-corrected chi connectivity index (χ4v) is 6.82. The van der Waals surface area contributed by atoms with Gasteiger partial charge in [0.25, 0.3) is 5.91 Å². The maximum absolute atomic E-state index is 13.5. The molecule has 5 N–H and O–H groups in total. The number of likely N-dealkylation sites (tertiary alicyclic amines) is 1. The molecule has 0 radical (unpaired) electrons. The minimum Gasteiger partial charge on any atom is -0.513 e. The number of rotatable bonds is 13. The molecule has 1 saturated heterocycles. The normalized spacial score (nSPS) is 23.7. The van der Waals surface area contributed by atoms with Crippen molar-refractivity contribution in [3.8, 4) is 0 Å². The molecule has 1 saturated carbocycles. The second-order valence-electron chi connectivity index (χ2n) is 12.2. The van der Waals surface area contributed by atoms with Gasteiger partial charge in [-0.3, -0.25) is 14.5 Å². The van der Waals surface area contributed by atoms with Gasteiger partial charge >= 0.3 is 0 Å². The van der Waals surface area contributed by atoms with Crippen LogP contribution in [0.3, 0.4) is 0 Å². The van der Waals surface area contributed by atoms with Gasteiger partial charge in [-0.2, -0.15) is 0 Å². The maximum atomic E-state index is 13.5. The number of amides is 2.